The average Bonchev–Trinajstić information content (AvgIpc) is 3.12. The van der Waals surface area contributed by atoms with Crippen LogP contribution in [-0.4, -0.2) is 36.6 Å². The molecule has 0 radical (unpaired) electrons. The van der Waals surface area contributed by atoms with E-state index in [0.717, 1.165) is 32.3 Å². The zero-order chi connectivity index (χ0) is 14.0. The van der Waals surface area contributed by atoms with Gasteiger partial charge in [0.25, 0.3) is 0 Å². The number of hydrogen-bond donors (Lipinski definition) is 1. The van der Waals surface area contributed by atoms with Gasteiger partial charge in [0, 0.05) is 13.0 Å². The first-order valence-corrected chi connectivity index (χ1v) is 7.48. The summed E-state index contributed by atoms with van der Waals surface area (Å²) in [5, 5.41) is 10.2. The van der Waals surface area contributed by atoms with E-state index in [0.29, 0.717) is 11.8 Å². The quantitative estimate of drug-likeness (QED) is 0.616. The largest absolute Gasteiger partial charge is 0.390 e. The van der Waals surface area contributed by atoms with Crippen LogP contribution < -0.4 is 0 Å². The van der Waals surface area contributed by atoms with Gasteiger partial charge in [0.05, 0.1) is 24.4 Å². The standard InChI is InChI=1S/C16H28O3/c1-11(2)6-5-7-12(3)14-15(18-4)13(17)8-9-16(14)10-19-16/h6,12-15,17H,5,7-10H2,1-4H3/t12-,13-,14+,15-,16+/m1/s1. The molecule has 0 bridgehead atoms. The number of methoxy groups -OCH3 is 1. The highest BCUT2D eigenvalue weighted by Gasteiger charge is 2.59. The van der Waals surface area contributed by atoms with Crippen LogP contribution in [0.1, 0.15) is 46.5 Å². The molecule has 2 fully saturated rings. The van der Waals surface area contributed by atoms with E-state index in [1.807, 2.05) is 0 Å². The van der Waals surface area contributed by atoms with E-state index >= 15 is 0 Å². The monoisotopic (exact) mass is 268 g/mol. The van der Waals surface area contributed by atoms with E-state index in [1.165, 1.54) is 5.57 Å². The van der Waals surface area contributed by atoms with E-state index in [9.17, 15) is 5.11 Å². The molecule has 19 heavy (non-hydrogen) atoms. The van der Waals surface area contributed by atoms with Gasteiger partial charge in [0.2, 0.25) is 0 Å². The molecule has 3 nitrogen and oxygen atoms in total. The van der Waals surface area contributed by atoms with E-state index in [1.54, 1.807) is 7.11 Å². The Hall–Kier alpha value is -0.380. The Balaban J connectivity index is 2.02. The van der Waals surface area contributed by atoms with Gasteiger partial charge in [-0.05, 0) is 45.4 Å². The zero-order valence-electron chi connectivity index (χ0n) is 12.7. The van der Waals surface area contributed by atoms with Gasteiger partial charge in [-0.2, -0.15) is 0 Å². The van der Waals surface area contributed by atoms with Gasteiger partial charge in [-0.25, -0.2) is 0 Å². The summed E-state index contributed by atoms with van der Waals surface area (Å²) >= 11 is 0. The smallest absolute Gasteiger partial charge is 0.0973 e. The van der Waals surface area contributed by atoms with E-state index < -0.39 is 0 Å². The second-order valence-corrected chi connectivity index (χ2v) is 6.52. The molecule has 5 atom stereocenters. The molecule has 0 aromatic carbocycles. The number of allylic oxidation sites excluding steroid dienone is 2. The average molecular weight is 268 g/mol. The molecule has 1 N–H and O–H groups in total. The molecule has 0 aromatic heterocycles. The highest BCUT2D eigenvalue weighted by atomic mass is 16.6. The fourth-order valence-electron chi connectivity index (χ4n) is 3.65. The first-order valence-electron chi connectivity index (χ1n) is 7.48. The third kappa shape index (κ3) is 3.21. The minimum absolute atomic E-state index is 0.00426. The summed E-state index contributed by atoms with van der Waals surface area (Å²) in [6, 6.07) is 0. The molecule has 0 unspecified atom stereocenters. The van der Waals surface area contributed by atoms with Gasteiger partial charge < -0.3 is 14.6 Å². The Morgan fingerprint density at radius 1 is 1.53 bits per heavy atom. The van der Waals surface area contributed by atoms with Crippen molar-refractivity contribution < 1.29 is 14.6 Å². The highest BCUT2D eigenvalue weighted by Crippen LogP contribution is 2.50. The lowest BCUT2D eigenvalue weighted by atomic mass is 9.69. The summed E-state index contributed by atoms with van der Waals surface area (Å²) in [4.78, 5) is 0. The summed E-state index contributed by atoms with van der Waals surface area (Å²) in [6.45, 7) is 7.39. The fourth-order valence-corrected chi connectivity index (χ4v) is 3.65. The number of rotatable bonds is 5. The van der Waals surface area contributed by atoms with Crippen LogP contribution in [0.2, 0.25) is 0 Å². The molecule has 2 aliphatic rings. The summed E-state index contributed by atoms with van der Waals surface area (Å²) in [7, 11) is 1.71. The predicted octanol–water partition coefficient (Wildman–Crippen LogP) is 2.92. The fraction of sp³-hybridized carbons (Fsp3) is 0.875. The SMILES string of the molecule is CO[C@H]1[C@H]([C@H](C)CCC=C(C)C)[C@]2(CC[C@H]1O)CO2. The Labute approximate surface area is 117 Å². The number of hydrogen-bond acceptors (Lipinski definition) is 3. The van der Waals surface area contributed by atoms with Gasteiger partial charge >= 0.3 is 0 Å². The Morgan fingerprint density at radius 2 is 2.21 bits per heavy atom. The Kier molecular flexibility index (Phi) is 4.70. The van der Waals surface area contributed by atoms with Gasteiger partial charge in [-0.1, -0.05) is 18.6 Å². The summed E-state index contributed by atoms with van der Waals surface area (Å²) in [6.07, 6.45) is 5.89. The van der Waals surface area contributed by atoms with Crippen LogP contribution >= 0.6 is 0 Å². The first-order chi connectivity index (χ1) is 9.00. The molecular formula is C16H28O3. The molecule has 1 spiro atoms. The Bertz CT molecular complexity index is 329. The lowest BCUT2D eigenvalue weighted by molar-refractivity contribution is -0.112. The number of epoxide rings is 1. The maximum absolute atomic E-state index is 10.2. The van der Waals surface area contributed by atoms with Crippen LogP contribution in [0, 0.1) is 11.8 Å². The number of aliphatic hydroxyl groups excluding tert-OH is 1. The van der Waals surface area contributed by atoms with Crippen LogP contribution in [0.15, 0.2) is 11.6 Å². The molecule has 1 aliphatic heterocycles. The lowest BCUT2D eigenvalue weighted by Gasteiger charge is -2.42. The topological polar surface area (TPSA) is 42.0 Å². The van der Waals surface area contributed by atoms with Crippen molar-refractivity contribution in [1.29, 1.82) is 0 Å². The summed E-state index contributed by atoms with van der Waals surface area (Å²) in [5.41, 5.74) is 1.38. The molecular weight excluding hydrogens is 240 g/mol. The number of ether oxygens (including phenoxy) is 2. The maximum atomic E-state index is 10.2. The second-order valence-electron chi connectivity index (χ2n) is 6.52. The van der Waals surface area contributed by atoms with Crippen molar-refractivity contribution in [3.05, 3.63) is 11.6 Å². The predicted molar refractivity (Wildman–Crippen MR) is 76.0 cm³/mol. The van der Waals surface area contributed by atoms with Crippen molar-refractivity contribution in [1.82, 2.24) is 0 Å². The van der Waals surface area contributed by atoms with Gasteiger partial charge in [0.1, 0.15) is 0 Å². The van der Waals surface area contributed by atoms with Crippen molar-refractivity contribution in [3.8, 4) is 0 Å². The molecule has 110 valence electrons. The normalized spacial score (nSPS) is 39.1. The van der Waals surface area contributed by atoms with Gasteiger partial charge in [-0.15, -0.1) is 0 Å². The molecule has 1 heterocycles. The van der Waals surface area contributed by atoms with Crippen molar-refractivity contribution in [2.45, 2.75) is 64.3 Å². The van der Waals surface area contributed by atoms with Gasteiger partial charge in [-0.3, -0.25) is 0 Å². The van der Waals surface area contributed by atoms with Crippen LogP contribution in [0.4, 0.5) is 0 Å². The number of aliphatic hydroxyl groups is 1. The van der Waals surface area contributed by atoms with E-state index in [4.69, 9.17) is 9.47 Å². The van der Waals surface area contributed by atoms with Crippen LogP contribution in [0.5, 0.6) is 0 Å². The van der Waals surface area contributed by atoms with Gasteiger partial charge in [0.15, 0.2) is 0 Å². The first kappa shape index (κ1) is 15.0. The molecule has 1 saturated carbocycles. The molecule has 1 aliphatic carbocycles. The zero-order valence-corrected chi connectivity index (χ0v) is 12.7. The Morgan fingerprint density at radius 3 is 2.74 bits per heavy atom. The van der Waals surface area contributed by atoms with Crippen molar-refractivity contribution >= 4 is 0 Å². The van der Waals surface area contributed by atoms with Crippen molar-refractivity contribution in [2.24, 2.45) is 11.8 Å². The van der Waals surface area contributed by atoms with Crippen LogP contribution in [-0.2, 0) is 9.47 Å². The van der Waals surface area contributed by atoms with E-state index in [2.05, 4.69) is 26.8 Å². The second kappa shape index (κ2) is 5.94. The minimum atomic E-state index is -0.337. The minimum Gasteiger partial charge on any atom is -0.390 e. The van der Waals surface area contributed by atoms with Crippen LogP contribution in [0.25, 0.3) is 0 Å². The highest BCUT2D eigenvalue weighted by molar-refractivity contribution is 5.08. The van der Waals surface area contributed by atoms with Crippen molar-refractivity contribution in [3.63, 3.8) is 0 Å². The lowest BCUT2D eigenvalue weighted by Crippen LogP contribution is -2.50. The molecule has 0 aromatic rings. The molecule has 1 saturated heterocycles. The third-order valence-electron chi connectivity index (χ3n) is 4.78. The summed E-state index contributed by atoms with van der Waals surface area (Å²) < 4.78 is 11.4. The van der Waals surface area contributed by atoms with E-state index in [-0.39, 0.29) is 17.8 Å². The third-order valence-corrected chi connectivity index (χ3v) is 4.78. The van der Waals surface area contributed by atoms with Crippen molar-refractivity contribution in [2.75, 3.05) is 13.7 Å². The molecule has 3 heteroatoms. The summed E-state index contributed by atoms with van der Waals surface area (Å²) in [5.74, 6) is 0.838. The molecule has 2 rings (SSSR count). The molecule has 0 amide bonds. The van der Waals surface area contributed by atoms with Crippen LogP contribution in [0.3, 0.4) is 0 Å². The maximum Gasteiger partial charge on any atom is 0.0973 e.